The molecule has 0 aromatic carbocycles. The summed E-state index contributed by atoms with van der Waals surface area (Å²) in [5, 5.41) is 9.90. The molecule has 0 radical (unpaired) electrons. The van der Waals surface area contributed by atoms with Gasteiger partial charge in [-0.3, -0.25) is 19.2 Å². The molecule has 0 amide bonds. The van der Waals surface area contributed by atoms with Gasteiger partial charge >= 0.3 is 23.9 Å². The molecule has 0 aliphatic heterocycles. The topological polar surface area (TPSA) is 132 Å². The Bertz CT molecular complexity index is 1110. The van der Waals surface area contributed by atoms with Crippen LogP contribution in [0.1, 0.15) is 252 Å². The molecule has 1 aliphatic carbocycles. The van der Waals surface area contributed by atoms with Crippen molar-refractivity contribution < 1.29 is 43.2 Å². The monoisotopic (exact) mass is 951 g/mol. The minimum Gasteiger partial charge on any atom is -0.465 e. The van der Waals surface area contributed by atoms with Crippen LogP contribution in [-0.2, 0) is 38.1 Å². The van der Waals surface area contributed by atoms with Crippen LogP contribution < -0.4 is 0 Å². The van der Waals surface area contributed by atoms with Crippen LogP contribution in [0, 0.1) is 11.8 Å². The first-order chi connectivity index (χ1) is 32.8. The van der Waals surface area contributed by atoms with Gasteiger partial charge < -0.3 is 33.9 Å². The molecule has 11 heteroatoms. The maximum atomic E-state index is 12.6. The minimum atomic E-state index is -0.154. The van der Waals surface area contributed by atoms with Gasteiger partial charge in [0.05, 0.1) is 33.0 Å². The number of rotatable bonds is 50. The van der Waals surface area contributed by atoms with Gasteiger partial charge in [-0.05, 0) is 103 Å². The summed E-state index contributed by atoms with van der Waals surface area (Å²) in [4.78, 5) is 55.3. The first-order valence-corrected chi connectivity index (χ1v) is 28.5. The number of hydrogen-bond acceptors (Lipinski definition) is 11. The fourth-order valence-electron chi connectivity index (χ4n) is 8.93. The highest BCUT2D eigenvalue weighted by Gasteiger charge is 2.25. The number of hydrogen-bond donors (Lipinski definition) is 1. The van der Waals surface area contributed by atoms with E-state index in [1.807, 2.05) is 0 Å². The molecule has 0 bridgehead atoms. The van der Waals surface area contributed by atoms with Crippen LogP contribution in [0.4, 0.5) is 0 Å². The number of unbranched alkanes of at least 4 members (excludes halogenated alkanes) is 19. The molecule has 1 N–H and O–H groups in total. The highest BCUT2D eigenvalue weighted by Crippen LogP contribution is 2.26. The normalized spacial score (nSPS) is 12.9. The van der Waals surface area contributed by atoms with Crippen molar-refractivity contribution in [2.75, 3.05) is 65.8 Å². The van der Waals surface area contributed by atoms with Crippen LogP contribution in [0.25, 0.3) is 0 Å². The predicted octanol–water partition coefficient (Wildman–Crippen LogP) is 13.1. The van der Waals surface area contributed by atoms with E-state index in [1.165, 1.54) is 70.6 Å². The van der Waals surface area contributed by atoms with Crippen LogP contribution >= 0.6 is 0 Å². The molecule has 0 atom stereocenters. The van der Waals surface area contributed by atoms with Gasteiger partial charge in [0.25, 0.3) is 0 Å². The van der Waals surface area contributed by atoms with Crippen molar-refractivity contribution in [2.45, 2.75) is 258 Å². The molecule has 67 heavy (non-hydrogen) atoms. The Hall–Kier alpha value is -2.24. The highest BCUT2D eigenvalue weighted by molar-refractivity contribution is 5.70. The van der Waals surface area contributed by atoms with Crippen LogP contribution in [0.3, 0.4) is 0 Å². The molecule has 0 heterocycles. The van der Waals surface area contributed by atoms with Crippen LogP contribution in [-0.4, -0.2) is 111 Å². The molecule has 0 spiro atoms. The Kier molecular flexibility index (Phi) is 43.3. The lowest BCUT2D eigenvalue weighted by atomic mass is 9.91. The van der Waals surface area contributed by atoms with Crippen molar-refractivity contribution in [3.63, 3.8) is 0 Å². The number of carbonyl (C=O) groups excluding carboxylic acids is 4. The van der Waals surface area contributed by atoms with Gasteiger partial charge in [-0.2, -0.15) is 0 Å². The van der Waals surface area contributed by atoms with Gasteiger partial charge in [-0.1, -0.05) is 150 Å². The van der Waals surface area contributed by atoms with Gasteiger partial charge in [0.1, 0.15) is 0 Å². The van der Waals surface area contributed by atoms with Gasteiger partial charge in [0, 0.05) is 50.1 Å². The summed E-state index contributed by atoms with van der Waals surface area (Å²) in [7, 11) is 0. The van der Waals surface area contributed by atoms with E-state index < -0.39 is 0 Å². The van der Waals surface area contributed by atoms with E-state index in [0.29, 0.717) is 64.7 Å². The third kappa shape index (κ3) is 38.2. The summed E-state index contributed by atoms with van der Waals surface area (Å²) in [6.07, 6.45) is 35.3. The maximum Gasteiger partial charge on any atom is 0.305 e. The zero-order valence-electron chi connectivity index (χ0n) is 44.2. The molecule has 0 unspecified atom stereocenters. The molecule has 11 nitrogen and oxygen atoms in total. The van der Waals surface area contributed by atoms with Crippen LogP contribution in [0.5, 0.6) is 0 Å². The van der Waals surface area contributed by atoms with Gasteiger partial charge in [-0.25, -0.2) is 0 Å². The van der Waals surface area contributed by atoms with E-state index in [1.54, 1.807) is 0 Å². The third-order valence-electron chi connectivity index (χ3n) is 13.7. The summed E-state index contributed by atoms with van der Waals surface area (Å²) >= 11 is 0. The molecule has 0 saturated heterocycles. The van der Waals surface area contributed by atoms with E-state index >= 15 is 0 Å². The van der Waals surface area contributed by atoms with Gasteiger partial charge in [-0.15, -0.1) is 0 Å². The minimum absolute atomic E-state index is 0.0115. The second kappa shape index (κ2) is 46.2. The van der Waals surface area contributed by atoms with E-state index in [4.69, 9.17) is 18.9 Å². The molecule has 0 aromatic heterocycles. The SMILES string of the molecule is CCCCCCCC(=O)OCC(CCCCN(CCO)CCCCN(CCCCC(COC(=O)CCCCCCC)COC(=O)CCCCCCC)C1CCC1)COC(=O)CCCCCCC. The van der Waals surface area contributed by atoms with Gasteiger partial charge in [0.15, 0.2) is 0 Å². The number of nitrogens with zero attached hydrogens (tertiary/aromatic N) is 2. The largest absolute Gasteiger partial charge is 0.465 e. The van der Waals surface area contributed by atoms with Crippen molar-refractivity contribution in [2.24, 2.45) is 11.8 Å². The zero-order valence-corrected chi connectivity index (χ0v) is 44.2. The fourth-order valence-corrected chi connectivity index (χ4v) is 8.93. The number of carbonyl (C=O) groups is 4. The third-order valence-corrected chi connectivity index (χ3v) is 13.7. The predicted molar refractivity (Wildman–Crippen MR) is 274 cm³/mol. The smallest absolute Gasteiger partial charge is 0.305 e. The molecule has 1 aliphatic rings. The van der Waals surface area contributed by atoms with Crippen molar-refractivity contribution in [3.8, 4) is 0 Å². The Morgan fingerprint density at radius 1 is 0.418 bits per heavy atom. The zero-order chi connectivity index (χ0) is 48.8. The Balaban J connectivity index is 2.59. The molecular weight excluding hydrogens is 845 g/mol. The average Bonchev–Trinajstić information content (AvgIpc) is 3.30. The average molecular weight is 951 g/mol. The van der Waals surface area contributed by atoms with Crippen LogP contribution in [0.15, 0.2) is 0 Å². The summed E-state index contributed by atoms with van der Waals surface area (Å²) in [6.45, 7) is 14.7. The summed E-state index contributed by atoms with van der Waals surface area (Å²) in [5.74, 6) is -0.571. The quantitative estimate of drug-likeness (QED) is 0.0355. The lowest BCUT2D eigenvalue weighted by Crippen LogP contribution is -2.41. The number of esters is 4. The van der Waals surface area contributed by atoms with Crippen molar-refractivity contribution in [1.82, 2.24) is 9.80 Å². The first-order valence-electron chi connectivity index (χ1n) is 28.5. The van der Waals surface area contributed by atoms with E-state index in [0.717, 1.165) is 155 Å². The second-order valence-corrected chi connectivity index (χ2v) is 20.0. The summed E-state index contributed by atoms with van der Waals surface area (Å²) in [6, 6.07) is 0.656. The number of ether oxygens (including phenoxy) is 4. The molecule has 1 rings (SSSR count). The highest BCUT2D eigenvalue weighted by atomic mass is 16.6. The number of aliphatic hydroxyl groups is 1. The molecule has 0 aromatic rings. The molecule has 1 fully saturated rings. The standard InChI is InChI=1S/C56H106N2O9/c1-5-9-13-17-21-36-53(60)64-46-50(47-65-54(61)37-22-18-14-10-6-2)32-25-27-40-57(44-45-59)41-29-30-43-58(52-34-31-35-52)42-28-26-33-51(48-66-55(62)38-23-19-15-11-7-3)49-67-56(63)39-24-20-16-12-8-4/h50-52,59H,5-49H2,1-4H3. The second-order valence-electron chi connectivity index (χ2n) is 20.0. The first kappa shape index (κ1) is 62.8. The van der Waals surface area contributed by atoms with E-state index in [2.05, 4.69) is 37.5 Å². The Morgan fingerprint density at radius 2 is 0.731 bits per heavy atom. The Morgan fingerprint density at radius 3 is 1.04 bits per heavy atom. The molecular formula is C56H106N2O9. The summed E-state index contributed by atoms with van der Waals surface area (Å²) in [5.41, 5.74) is 0. The van der Waals surface area contributed by atoms with Crippen LogP contribution in [0.2, 0.25) is 0 Å². The number of aliphatic hydroxyl groups excluding tert-OH is 1. The lowest BCUT2D eigenvalue weighted by molar-refractivity contribution is -0.151. The summed E-state index contributed by atoms with van der Waals surface area (Å²) < 4.78 is 22.9. The lowest BCUT2D eigenvalue weighted by Gasteiger charge is -2.38. The van der Waals surface area contributed by atoms with E-state index in [-0.39, 0.29) is 42.3 Å². The van der Waals surface area contributed by atoms with Crippen molar-refractivity contribution >= 4 is 23.9 Å². The molecule has 1 saturated carbocycles. The van der Waals surface area contributed by atoms with E-state index in [9.17, 15) is 24.3 Å². The molecule has 394 valence electrons. The maximum absolute atomic E-state index is 12.6. The van der Waals surface area contributed by atoms with Crippen molar-refractivity contribution in [3.05, 3.63) is 0 Å². The van der Waals surface area contributed by atoms with Crippen molar-refractivity contribution in [1.29, 1.82) is 0 Å². The Labute approximate surface area is 411 Å². The van der Waals surface area contributed by atoms with Gasteiger partial charge in [0.2, 0.25) is 0 Å². The fraction of sp³-hybridized carbons (Fsp3) is 0.929.